The van der Waals surface area contributed by atoms with E-state index in [1.165, 1.54) is 5.56 Å². The second kappa shape index (κ2) is 9.21. The Morgan fingerprint density at radius 1 is 1.09 bits per heavy atom. The second-order valence-electron chi connectivity index (χ2n) is 5.14. The Kier molecular flexibility index (Phi) is 6.95. The predicted molar refractivity (Wildman–Crippen MR) is 92.0 cm³/mol. The summed E-state index contributed by atoms with van der Waals surface area (Å²) in [5.41, 5.74) is 2.16. The quantitative estimate of drug-likeness (QED) is 0.670. The molecule has 122 valence electrons. The van der Waals surface area contributed by atoms with Gasteiger partial charge in [-0.25, -0.2) is 0 Å². The van der Waals surface area contributed by atoms with Crippen LogP contribution in [-0.4, -0.2) is 19.2 Å². The van der Waals surface area contributed by atoms with Crippen molar-refractivity contribution in [2.24, 2.45) is 0 Å². The molecule has 2 aromatic carbocycles. The molecule has 0 amide bonds. The first-order chi connectivity index (χ1) is 11.2. The zero-order valence-electron chi connectivity index (χ0n) is 13.3. The molecule has 4 heteroatoms. The molecule has 2 aromatic rings. The fourth-order valence-electron chi connectivity index (χ4n) is 2.28. The fourth-order valence-corrected chi connectivity index (χ4v) is 2.47. The predicted octanol–water partition coefficient (Wildman–Crippen LogP) is 4.46. The Morgan fingerprint density at radius 2 is 1.87 bits per heavy atom. The first-order valence-corrected chi connectivity index (χ1v) is 8.17. The number of rotatable bonds is 8. The molecular formula is C19H21ClO3. The maximum atomic E-state index is 11.5. The van der Waals surface area contributed by atoms with Gasteiger partial charge in [-0.1, -0.05) is 41.9 Å². The number of hydrogen-bond donors (Lipinski definition) is 0. The summed E-state index contributed by atoms with van der Waals surface area (Å²) in [4.78, 5) is 11.5. The molecule has 0 heterocycles. The molecule has 0 fully saturated rings. The molecule has 0 aliphatic rings. The third-order valence-corrected chi connectivity index (χ3v) is 3.65. The van der Waals surface area contributed by atoms with Crippen molar-refractivity contribution < 1.29 is 14.3 Å². The van der Waals surface area contributed by atoms with Crippen LogP contribution in [0.3, 0.4) is 0 Å². The van der Waals surface area contributed by atoms with Crippen molar-refractivity contribution >= 4 is 17.6 Å². The summed E-state index contributed by atoms with van der Waals surface area (Å²) in [6.45, 7) is 2.78. The van der Waals surface area contributed by atoms with Crippen LogP contribution in [0.15, 0.2) is 48.5 Å². The summed E-state index contributed by atoms with van der Waals surface area (Å²) in [7, 11) is 0. The number of carbonyl (C=O) groups excluding carboxylic acids is 1. The van der Waals surface area contributed by atoms with E-state index in [2.05, 4.69) is 12.1 Å². The van der Waals surface area contributed by atoms with Gasteiger partial charge in [0.2, 0.25) is 0 Å². The standard InChI is InChI=1S/C19H21ClO3/c1-2-22-19(21)11-8-16-14-17(20)9-10-18(16)23-13-12-15-6-4-3-5-7-15/h3-7,9-10,14H,2,8,11-13H2,1H3. The van der Waals surface area contributed by atoms with Crippen LogP contribution in [0.25, 0.3) is 0 Å². The summed E-state index contributed by atoms with van der Waals surface area (Å²) in [5, 5.41) is 0.638. The number of halogens is 1. The SMILES string of the molecule is CCOC(=O)CCc1cc(Cl)ccc1OCCc1ccccc1. The van der Waals surface area contributed by atoms with Crippen molar-refractivity contribution in [2.75, 3.05) is 13.2 Å². The molecule has 2 rings (SSSR count). The third kappa shape index (κ3) is 5.95. The number of esters is 1. The minimum absolute atomic E-state index is 0.206. The van der Waals surface area contributed by atoms with E-state index in [0.717, 1.165) is 17.7 Å². The van der Waals surface area contributed by atoms with Crippen molar-refractivity contribution in [2.45, 2.75) is 26.2 Å². The van der Waals surface area contributed by atoms with Crippen LogP contribution < -0.4 is 4.74 Å². The largest absolute Gasteiger partial charge is 0.493 e. The first-order valence-electron chi connectivity index (χ1n) is 7.80. The van der Waals surface area contributed by atoms with E-state index in [4.69, 9.17) is 21.1 Å². The molecule has 3 nitrogen and oxygen atoms in total. The zero-order chi connectivity index (χ0) is 16.5. The smallest absolute Gasteiger partial charge is 0.306 e. The second-order valence-corrected chi connectivity index (χ2v) is 5.58. The summed E-state index contributed by atoms with van der Waals surface area (Å²) in [5.74, 6) is 0.567. The first kappa shape index (κ1) is 17.4. The molecule has 0 spiro atoms. The topological polar surface area (TPSA) is 35.5 Å². The lowest BCUT2D eigenvalue weighted by atomic mass is 10.1. The van der Waals surface area contributed by atoms with Gasteiger partial charge in [0.15, 0.2) is 0 Å². The van der Waals surface area contributed by atoms with Crippen molar-refractivity contribution in [3.05, 3.63) is 64.7 Å². The van der Waals surface area contributed by atoms with Crippen LogP contribution in [0.4, 0.5) is 0 Å². The molecule has 0 atom stereocenters. The van der Waals surface area contributed by atoms with Gasteiger partial charge in [0.25, 0.3) is 0 Å². The van der Waals surface area contributed by atoms with Crippen LogP contribution in [-0.2, 0) is 22.4 Å². The van der Waals surface area contributed by atoms with Gasteiger partial charge in [0, 0.05) is 17.9 Å². The van der Waals surface area contributed by atoms with Gasteiger partial charge in [-0.2, -0.15) is 0 Å². The molecule has 0 aliphatic carbocycles. The highest BCUT2D eigenvalue weighted by Crippen LogP contribution is 2.24. The van der Waals surface area contributed by atoms with E-state index in [1.54, 1.807) is 13.0 Å². The Morgan fingerprint density at radius 3 is 2.61 bits per heavy atom. The average Bonchev–Trinajstić information content (AvgIpc) is 2.56. The van der Waals surface area contributed by atoms with Gasteiger partial charge < -0.3 is 9.47 Å². The normalized spacial score (nSPS) is 10.3. The summed E-state index contributed by atoms with van der Waals surface area (Å²) < 4.78 is 10.8. The van der Waals surface area contributed by atoms with Crippen molar-refractivity contribution in [3.63, 3.8) is 0 Å². The molecule has 0 saturated heterocycles. The fraction of sp³-hybridized carbons (Fsp3) is 0.316. The van der Waals surface area contributed by atoms with Crippen LogP contribution in [0.1, 0.15) is 24.5 Å². The molecule has 0 aliphatic heterocycles. The molecule has 0 radical (unpaired) electrons. The summed E-state index contributed by atoms with van der Waals surface area (Å²) in [6.07, 6.45) is 1.71. The third-order valence-electron chi connectivity index (χ3n) is 3.42. The van der Waals surface area contributed by atoms with Crippen LogP contribution in [0, 0.1) is 0 Å². The maximum absolute atomic E-state index is 11.5. The lowest BCUT2D eigenvalue weighted by Gasteiger charge is -2.12. The Hall–Kier alpha value is -2.00. The lowest BCUT2D eigenvalue weighted by Crippen LogP contribution is -2.07. The van der Waals surface area contributed by atoms with E-state index in [9.17, 15) is 4.79 Å². The monoisotopic (exact) mass is 332 g/mol. The van der Waals surface area contributed by atoms with Crippen LogP contribution in [0.2, 0.25) is 5.02 Å². The Balaban J connectivity index is 1.93. The van der Waals surface area contributed by atoms with Gasteiger partial charge in [0.1, 0.15) is 5.75 Å². The molecule has 0 N–H and O–H groups in total. The van der Waals surface area contributed by atoms with Crippen LogP contribution in [0.5, 0.6) is 5.75 Å². The van der Waals surface area contributed by atoms with Crippen molar-refractivity contribution in [1.82, 2.24) is 0 Å². The minimum atomic E-state index is -0.206. The highest BCUT2D eigenvalue weighted by atomic mass is 35.5. The summed E-state index contributed by atoms with van der Waals surface area (Å²) >= 11 is 6.05. The molecular weight excluding hydrogens is 312 g/mol. The van der Waals surface area contributed by atoms with E-state index in [0.29, 0.717) is 31.1 Å². The van der Waals surface area contributed by atoms with Gasteiger partial charge in [0.05, 0.1) is 13.2 Å². The van der Waals surface area contributed by atoms with E-state index in [-0.39, 0.29) is 5.97 Å². The molecule has 0 bridgehead atoms. The Bertz CT molecular complexity index is 626. The molecule has 0 saturated carbocycles. The van der Waals surface area contributed by atoms with Gasteiger partial charge >= 0.3 is 5.97 Å². The van der Waals surface area contributed by atoms with Gasteiger partial charge in [-0.05, 0) is 42.7 Å². The number of benzene rings is 2. The van der Waals surface area contributed by atoms with Gasteiger partial charge in [-0.3, -0.25) is 4.79 Å². The van der Waals surface area contributed by atoms with E-state index < -0.39 is 0 Å². The highest BCUT2D eigenvalue weighted by molar-refractivity contribution is 6.30. The highest BCUT2D eigenvalue weighted by Gasteiger charge is 2.09. The van der Waals surface area contributed by atoms with E-state index in [1.807, 2.05) is 30.3 Å². The van der Waals surface area contributed by atoms with Crippen LogP contribution >= 0.6 is 11.6 Å². The number of hydrogen-bond acceptors (Lipinski definition) is 3. The molecule has 0 unspecified atom stereocenters. The zero-order valence-corrected chi connectivity index (χ0v) is 14.0. The molecule has 0 aromatic heterocycles. The van der Waals surface area contributed by atoms with Crippen molar-refractivity contribution in [3.8, 4) is 5.75 Å². The number of carbonyl (C=O) groups is 1. The van der Waals surface area contributed by atoms with E-state index >= 15 is 0 Å². The maximum Gasteiger partial charge on any atom is 0.306 e. The van der Waals surface area contributed by atoms with Crippen molar-refractivity contribution in [1.29, 1.82) is 0 Å². The number of ether oxygens (including phenoxy) is 2. The van der Waals surface area contributed by atoms with Gasteiger partial charge in [-0.15, -0.1) is 0 Å². The lowest BCUT2D eigenvalue weighted by molar-refractivity contribution is -0.143. The molecule has 23 heavy (non-hydrogen) atoms. The minimum Gasteiger partial charge on any atom is -0.493 e. The Labute approximate surface area is 142 Å². The number of aryl methyl sites for hydroxylation is 1. The average molecular weight is 333 g/mol. The summed E-state index contributed by atoms with van der Waals surface area (Å²) in [6, 6.07) is 15.7.